The summed E-state index contributed by atoms with van der Waals surface area (Å²) in [4.78, 5) is 12.5. The molecule has 0 saturated carbocycles. The summed E-state index contributed by atoms with van der Waals surface area (Å²) in [5.41, 5.74) is 4.04. The van der Waals surface area contributed by atoms with Crippen molar-refractivity contribution in [3.8, 4) is 0 Å². The summed E-state index contributed by atoms with van der Waals surface area (Å²) in [6, 6.07) is 11.6. The van der Waals surface area contributed by atoms with Crippen molar-refractivity contribution in [2.45, 2.75) is 37.1 Å². The minimum absolute atomic E-state index is 0.0731. The highest BCUT2D eigenvalue weighted by atomic mass is 35.5. The van der Waals surface area contributed by atoms with Gasteiger partial charge in [0.05, 0.1) is 21.6 Å². The van der Waals surface area contributed by atoms with E-state index < -0.39 is 0 Å². The molecule has 5 nitrogen and oxygen atoms in total. The van der Waals surface area contributed by atoms with Crippen molar-refractivity contribution in [3.05, 3.63) is 81.6 Å². The third kappa shape index (κ3) is 6.54. The molecule has 0 saturated heterocycles. The monoisotopic (exact) mass is 506 g/mol. The van der Waals surface area contributed by atoms with Gasteiger partial charge in [0, 0.05) is 18.0 Å². The van der Waals surface area contributed by atoms with Gasteiger partial charge in [0.15, 0.2) is 5.16 Å². The van der Waals surface area contributed by atoms with Crippen molar-refractivity contribution in [3.63, 3.8) is 0 Å². The second-order valence-corrected chi connectivity index (χ2v) is 9.89. The Morgan fingerprint density at radius 1 is 1.12 bits per heavy atom. The van der Waals surface area contributed by atoms with Crippen molar-refractivity contribution < 1.29 is 4.79 Å². The summed E-state index contributed by atoms with van der Waals surface area (Å²) in [5.74, 6) is 2.47. The van der Waals surface area contributed by atoms with Gasteiger partial charge in [-0.1, -0.05) is 65.3 Å². The number of rotatable bonds is 10. The number of hydrogen-bond acceptors (Lipinski definition) is 5. The molecule has 0 radical (unpaired) electrons. The summed E-state index contributed by atoms with van der Waals surface area (Å²) < 4.78 is 1.99. The minimum Gasteiger partial charge on any atom is -0.325 e. The molecular weight excluding hydrogens is 483 g/mol. The van der Waals surface area contributed by atoms with Crippen molar-refractivity contribution in [1.29, 1.82) is 0 Å². The van der Waals surface area contributed by atoms with Crippen LogP contribution in [0.1, 0.15) is 22.5 Å². The van der Waals surface area contributed by atoms with Crippen LogP contribution in [-0.4, -0.2) is 26.4 Å². The molecule has 2 aromatic carbocycles. The fraction of sp³-hybridized carbons (Fsp3) is 0.261. The maximum Gasteiger partial charge on any atom is 0.234 e. The number of halogens is 2. The number of hydrogen-bond donors (Lipinski definition) is 1. The second-order valence-electron chi connectivity index (χ2n) is 7.14. The lowest BCUT2D eigenvalue weighted by molar-refractivity contribution is -0.113. The van der Waals surface area contributed by atoms with Gasteiger partial charge in [0.1, 0.15) is 5.82 Å². The molecule has 1 amide bonds. The van der Waals surface area contributed by atoms with Crippen LogP contribution in [0.2, 0.25) is 10.0 Å². The van der Waals surface area contributed by atoms with Crippen LogP contribution < -0.4 is 5.32 Å². The molecule has 3 aromatic rings. The molecule has 1 heterocycles. The van der Waals surface area contributed by atoms with Crippen molar-refractivity contribution in [2.75, 3.05) is 11.1 Å². The number of allylic oxidation sites excluding steroid dienone is 1. The largest absolute Gasteiger partial charge is 0.325 e. The van der Waals surface area contributed by atoms with Crippen molar-refractivity contribution >= 4 is 58.3 Å². The van der Waals surface area contributed by atoms with Gasteiger partial charge >= 0.3 is 0 Å². The summed E-state index contributed by atoms with van der Waals surface area (Å²) in [5, 5.41) is 13.4. The van der Waals surface area contributed by atoms with Gasteiger partial charge in [-0.25, -0.2) is 0 Å². The Balaban J connectivity index is 1.59. The topological polar surface area (TPSA) is 59.8 Å². The molecule has 1 aromatic heterocycles. The number of benzene rings is 2. The number of aromatic nitrogens is 3. The zero-order chi connectivity index (χ0) is 23.1. The van der Waals surface area contributed by atoms with E-state index in [0.29, 0.717) is 27.5 Å². The number of para-hydroxylation sites is 1. The predicted molar refractivity (Wildman–Crippen MR) is 137 cm³/mol. The number of amides is 1. The fourth-order valence-corrected chi connectivity index (χ4v) is 5.05. The molecular formula is C23H24Cl2N4OS2. The molecule has 168 valence electrons. The smallest absolute Gasteiger partial charge is 0.234 e. The van der Waals surface area contributed by atoms with Gasteiger partial charge in [-0.05, 0) is 42.7 Å². The van der Waals surface area contributed by atoms with Gasteiger partial charge in [0.25, 0.3) is 0 Å². The van der Waals surface area contributed by atoms with Gasteiger partial charge < -0.3 is 9.88 Å². The number of nitrogens with one attached hydrogen (secondary N) is 1. The van der Waals surface area contributed by atoms with E-state index in [-0.39, 0.29) is 11.7 Å². The summed E-state index contributed by atoms with van der Waals surface area (Å²) >= 11 is 15.2. The zero-order valence-corrected chi connectivity index (χ0v) is 21.0. The first kappa shape index (κ1) is 24.7. The lowest BCUT2D eigenvalue weighted by atomic mass is 10.1. The summed E-state index contributed by atoms with van der Waals surface area (Å²) in [7, 11) is 0. The van der Waals surface area contributed by atoms with Gasteiger partial charge in [-0.3, -0.25) is 4.79 Å². The number of anilines is 1. The first-order chi connectivity index (χ1) is 15.4. The van der Waals surface area contributed by atoms with Gasteiger partial charge in [-0.2, -0.15) is 0 Å². The Morgan fingerprint density at radius 2 is 1.88 bits per heavy atom. The third-order valence-electron chi connectivity index (χ3n) is 4.67. The second kappa shape index (κ2) is 11.8. The maximum absolute atomic E-state index is 12.5. The average Bonchev–Trinajstić information content (AvgIpc) is 3.14. The number of aryl methyl sites for hydroxylation is 2. The third-order valence-corrected chi connectivity index (χ3v) is 7.37. The number of nitrogens with zero attached hydrogens (tertiary/aromatic N) is 3. The highest BCUT2D eigenvalue weighted by molar-refractivity contribution is 7.99. The van der Waals surface area contributed by atoms with Crippen molar-refractivity contribution in [1.82, 2.24) is 14.8 Å². The highest BCUT2D eigenvalue weighted by Gasteiger charge is 2.15. The number of carbonyl (C=O) groups is 1. The number of carbonyl (C=O) groups excluding carboxylic acids is 1. The van der Waals surface area contributed by atoms with E-state index in [4.69, 9.17) is 23.2 Å². The Hall–Kier alpha value is -1.93. The molecule has 0 aliphatic rings. The Morgan fingerprint density at radius 3 is 2.56 bits per heavy atom. The van der Waals surface area contributed by atoms with E-state index in [0.717, 1.165) is 34.0 Å². The SMILES string of the molecule is C=CCn1c(CSCc2ccc(Cl)c(Cl)c2)nnc1SCC(=O)Nc1c(C)cccc1C. The van der Waals surface area contributed by atoms with Crippen LogP contribution in [0.15, 0.2) is 54.2 Å². The molecule has 0 bridgehead atoms. The molecule has 9 heteroatoms. The molecule has 3 rings (SSSR count). The molecule has 32 heavy (non-hydrogen) atoms. The van der Waals surface area contributed by atoms with Gasteiger partial charge in [-0.15, -0.1) is 28.5 Å². The molecule has 0 fully saturated rings. The van der Waals surface area contributed by atoms with Crippen LogP contribution in [0.5, 0.6) is 0 Å². The molecule has 0 aliphatic heterocycles. The molecule has 0 spiro atoms. The quantitative estimate of drug-likeness (QED) is 0.249. The van der Waals surface area contributed by atoms with E-state index in [1.165, 1.54) is 11.8 Å². The Bertz CT molecular complexity index is 1100. The first-order valence-corrected chi connectivity index (χ1v) is 12.8. The van der Waals surface area contributed by atoms with Gasteiger partial charge in [0.2, 0.25) is 5.91 Å². The van der Waals surface area contributed by atoms with Crippen LogP contribution in [-0.2, 0) is 22.8 Å². The normalized spacial score (nSPS) is 10.9. The van der Waals surface area contributed by atoms with E-state index in [1.807, 2.05) is 48.7 Å². The van der Waals surface area contributed by atoms with Crippen LogP contribution in [0.4, 0.5) is 5.69 Å². The van der Waals surface area contributed by atoms with Crippen molar-refractivity contribution in [2.24, 2.45) is 0 Å². The summed E-state index contributed by atoms with van der Waals surface area (Å²) in [6.45, 7) is 8.38. The molecule has 1 N–H and O–H groups in total. The lowest BCUT2D eigenvalue weighted by Gasteiger charge is -2.11. The lowest BCUT2D eigenvalue weighted by Crippen LogP contribution is -2.16. The van der Waals surface area contributed by atoms with E-state index in [9.17, 15) is 4.79 Å². The Labute approximate surface area is 207 Å². The molecule has 0 aliphatic carbocycles. The van der Waals surface area contributed by atoms with Crippen LogP contribution in [0.3, 0.4) is 0 Å². The standard InChI is InChI=1S/C23H24Cl2N4OS2/c1-4-10-29-20(13-31-12-17-8-9-18(24)19(25)11-17)27-28-23(29)32-14-21(30)26-22-15(2)6-5-7-16(22)3/h4-9,11H,1,10,12-14H2,2-3H3,(H,26,30). The fourth-order valence-electron chi connectivity index (χ4n) is 3.05. The highest BCUT2D eigenvalue weighted by Crippen LogP contribution is 2.27. The van der Waals surface area contributed by atoms with Crippen LogP contribution >= 0.6 is 46.7 Å². The van der Waals surface area contributed by atoms with Crippen LogP contribution in [0, 0.1) is 13.8 Å². The summed E-state index contributed by atoms with van der Waals surface area (Å²) in [6.07, 6.45) is 1.80. The van der Waals surface area contributed by atoms with Crippen LogP contribution in [0.25, 0.3) is 0 Å². The Kier molecular flexibility index (Phi) is 9.11. The average molecular weight is 508 g/mol. The van der Waals surface area contributed by atoms with E-state index in [2.05, 4.69) is 22.1 Å². The maximum atomic E-state index is 12.5. The predicted octanol–water partition coefficient (Wildman–Crippen LogP) is 6.55. The number of thioether (sulfide) groups is 2. The first-order valence-electron chi connectivity index (χ1n) is 9.92. The minimum atomic E-state index is -0.0731. The molecule has 0 atom stereocenters. The zero-order valence-electron chi connectivity index (χ0n) is 17.9. The van der Waals surface area contributed by atoms with E-state index in [1.54, 1.807) is 23.9 Å². The van der Waals surface area contributed by atoms with E-state index >= 15 is 0 Å². The molecule has 0 unspecified atom stereocenters.